The molecular weight excluding hydrogens is 354 g/mol. The number of hydrogen-bond donors (Lipinski definition) is 2. The maximum atomic E-state index is 11.8. The fraction of sp³-hybridized carbons (Fsp3) is 0.0952. The van der Waals surface area contributed by atoms with Crippen LogP contribution in [0.25, 0.3) is 17.0 Å². The normalized spacial score (nSPS) is 10.6. The molecule has 7 nitrogen and oxygen atoms in total. The molecule has 28 heavy (non-hydrogen) atoms. The largest absolute Gasteiger partial charge is 0.423 e. The highest BCUT2D eigenvalue weighted by molar-refractivity contribution is 5.95. The number of aryl methyl sites for hydroxylation is 1. The van der Waals surface area contributed by atoms with E-state index in [1.54, 1.807) is 36.3 Å². The molecule has 4 aromatic rings. The standard InChI is InChI=1S/C21H19N5O2/c1-14-4-5-16(20(27)22-2)12-18(14)25-21-23-13-19(28-21)15-6-8-17(9-7-15)26-11-3-10-24-26/h3-13H,1-2H3,(H,22,27)(H,23,25). The number of carbonyl (C=O) groups excluding carboxylic acids is 1. The Balaban J connectivity index is 1.54. The molecular formula is C21H19N5O2. The van der Waals surface area contributed by atoms with Gasteiger partial charge in [-0.15, -0.1) is 0 Å². The molecule has 0 radical (unpaired) electrons. The van der Waals surface area contributed by atoms with Crippen molar-refractivity contribution in [1.82, 2.24) is 20.1 Å². The van der Waals surface area contributed by atoms with Gasteiger partial charge in [0.05, 0.1) is 11.9 Å². The monoisotopic (exact) mass is 373 g/mol. The molecule has 2 N–H and O–H groups in total. The van der Waals surface area contributed by atoms with E-state index in [1.807, 2.05) is 49.5 Å². The van der Waals surface area contributed by atoms with Crippen molar-refractivity contribution in [2.24, 2.45) is 0 Å². The van der Waals surface area contributed by atoms with E-state index in [0.29, 0.717) is 17.3 Å². The van der Waals surface area contributed by atoms with Gasteiger partial charge in [-0.2, -0.15) is 5.10 Å². The Morgan fingerprint density at radius 3 is 2.68 bits per heavy atom. The van der Waals surface area contributed by atoms with Crippen LogP contribution in [0, 0.1) is 6.92 Å². The highest BCUT2D eigenvalue weighted by atomic mass is 16.4. The van der Waals surface area contributed by atoms with Crippen molar-refractivity contribution in [2.75, 3.05) is 12.4 Å². The Bertz CT molecular complexity index is 1100. The molecule has 140 valence electrons. The lowest BCUT2D eigenvalue weighted by Gasteiger charge is -2.08. The van der Waals surface area contributed by atoms with Gasteiger partial charge in [0.2, 0.25) is 0 Å². The van der Waals surface area contributed by atoms with E-state index in [0.717, 1.165) is 22.5 Å². The van der Waals surface area contributed by atoms with Crippen molar-refractivity contribution in [3.05, 3.63) is 78.2 Å². The van der Waals surface area contributed by atoms with E-state index in [4.69, 9.17) is 4.42 Å². The first-order chi connectivity index (χ1) is 13.6. The molecule has 4 rings (SSSR count). The Morgan fingerprint density at radius 2 is 1.96 bits per heavy atom. The van der Waals surface area contributed by atoms with Crippen LogP contribution >= 0.6 is 0 Å². The van der Waals surface area contributed by atoms with Gasteiger partial charge in [0.1, 0.15) is 0 Å². The van der Waals surface area contributed by atoms with Gasteiger partial charge in [-0.05, 0) is 55.0 Å². The lowest BCUT2D eigenvalue weighted by atomic mass is 10.1. The molecule has 1 amide bonds. The topological polar surface area (TPSA) is 85.0 Å². The number of oxazole rings is 1. The first-order valence-corrected chi connectivity index (χ1v) is 8.80. The average Bonchev–Trinajstić information content (AvgIpc) is 3.41. The third kappa shape index (κ3) is 3.50. The van der Waals surface area contributed by atoms with Crippen LogP contribution in [0.2, 0.25) is 0 Å². The first-order valence-electron chi connectivity index (χ1n) is 8.80. The van der Waals surface area contributed by atoms with Crippen molar-refractivity contribution in [3.8, 4) is 17.0 Å². The van der Waals surface area contributed by atoms with E-state index in [9.17, 15) is 4.79 Å². The maximum absolute atomic E-state index is 11.8. The zero-order valence-corrected chi connectivity index (χ0v) is 15.5. The van der Waals surface area contributed by atoms with Gasteiger partial charge in [-0.25, -0.2) is 9.67 Å². The van der Waals surface area contributed by atoms with Gasteiger partial charge in [0, 0.05) is 36.3 Å². The van der Waals surface area contributed by atoms with Crippen molar-refractivity contribution in [1.29, 1.82) is 0 Å². The molecule has 0 unspecified atom stereocenters. The number of hydrogen-bond acceptors (Lipinski definition) is 5. The lowest BCUT2D eigenvalue weighted by molar-refractivity contribution is 0.0963. The zero-order valence-electron chi connectivity index (χ0n) is 15.5. The summed E-state index contributed by atoms with van der Waals surface area (Å²) in [7, 11) is 1.60. The van der Waals surface area contributed by atoms with E-state index in [2.05, 4.69) is 20.7 Å². The number of carbonyl (C=O) groups is 1. The average molecular weight is 373 g/mol. The van der Waals surface area contributed by atoms with Crippen LogP contribution in [0.3, 0.4) is 0 Å². The minimum Gasteiger partial charge on any atom is -0.423 e. The number of nitrogens with one attached hydrogen (secondary N) is 2. The van der Waals surface area contributed by atoms with Gasteiger partial charge < -0.3 is 15.1 Å². The summed E-state index contributed by atoms with van der Waals surface area (Å²) in [5.41, 5.74) is 4.19. The summed E-state index contributed by atoms with van der Waals surface area (Å²) in [6.07, 6.45) is 5.30. The lowest BCUT2D eigenvalue weighted by Crippen LogP contribution is -2.17. The molecule has 2 heterocycles. The van der Waals surface area contributed by atoms with E-state index >= 15 is 0 Å². The van der Waals surface area contributed by atoms with Crippen LogP contribution in [0.15, 0.2) is 71.5 Å². The minimum atomic E-state index is -0.145. The molecule has 0 aliphatic heterocycles. The molecule has 0 aliphatic carbocycles. The fourth-order valence-corrected chi connectivity index (χ4v) is 2.82. The predicted molar refractivity (Wildman–Crippen MR) is 107 cm³/mol. The van der Waals surface area contributed by atoms with Crippen LogP contribution in [0.4, 0.5) is 11.7 Å². The Hall–Kier alpha value is -3.87. The molecule has 0 saturated carbocycles. The van der Waals surface area contributed by atoms with Gasteiger partial charge in [0.25, 0.3) is 11.9 Å². The number of rotatable bonds is 5. The molecule has 2 aromatic carbocycles. The number of benzene rings is 2. The molecule has 0 atom stereocenters. The molecule has 0 saturated heterocycles. The smallest absolute Gasteiger partial charge is 0.299 e. The maximum Gasteiger partial charge on any atom is 0.299 e. The second-order valence-electron chi connectivity index (χ2n) is 6.26. The number of anilines is 2. The quantitative estimate of drug-likeness (QED) is 0.553. The summed E-state index contributed by atoms with van der Waals surface area (Å²) >= 11 is 0. The van der Waals surface area contributed by atoms with Crippen LogP contribution in [-0.4, -0.2) is 27.7 Å². The van der Waals surface area contributed by atoms with Crippen molar-refractivity contribution in [2.45, 2.75) is 6.92 Å². The Morgan fingerprint density at radius 1 is 1.14 bits per heavy atom. The third-order valence-corrected chi connectivity index (χ3v) is 4.39. The molecule has 0 aliphatic rings. The van der Waals surface area contributed by atoms with Gasteiger partial charge in [-0.3, -0.25) is 4.79 Å². The molecule has 2 aromatic heterocycles. The van der Waals surface area contributed by atoms with E-state index in [1.165, 1.54) is 0 Å². The first kappa shape index (κ1) is 17.5. The summed E-state index contributed by atoms with van der Waals surface area (Å²) in [5.74, 6) is 0.503. The number of nitrogens with zero attached hydrogens (tertiary/aromatic N) is 3. The molecule has 7 heteroatoms. The molecule has 0 spiro atoms. The number of aromatic nitrogens is 3. The second-order valence-corrected chi connectivity index (χ2v) is 6.26. The van der Waals surface area contributed by atoms with Crippen molar-refractivity contribution < 1.29 is 9.21 Å². The van der Waals surface area contributed by atoms with Crippen LogP contribution in [0.5, 0.6) is 0 Å². The minimum absolute atomic E-state index is 0.145. The predicted octanol–water partition coefficient (Wildman–Crippen LogP) is 3.94. The summed E-state index contributed by atoms with van der Waals surface area (Å²) in [6, 6.07) is 15.5. The SMILES string of the molecule is CNC(=O)c1ccc(C)c(Nc2ncc(-c3ccc(-n4cccn4)cc3)o2)c1. The Labute approximate surface area is 162 Å². The Kier molecular flexibility index (Phi) is 4.63. The van der Waals surface area contributed by atoms with Gasteiger partial charge >= 0.3 is 0 Å². The van der Waals surface area contributed by atoms with Crippen LogP contribution < -0.4 is 10.6 Å². The van der Waals surface area contributed by atoms with Crippen LogP contribution in [0.1, 0.15) is 15.9 Å². The third-order valence-electron chi connectivity index (χ3n) is 4.39. The van der Waals surface area contributed by atoms with E-state index in [-0.39, 0.29) is 5.91 Å². The fourth-order valence-electron chi connectivity index (χ4n) is 2.82. The zero-order chi connectivity index (χ0) is 19.5. The molecule has 0 fully saturated rings. The number of amides is 1. The second kappa shape index (κ2) is 7.40. The van der Waals surface area contributed by atoms with Gasteiger partial charge in [0.15, 0.2) is 5.76 Å². The highest BCUT2D eigenvalue weighted by Crippen LogP contribution is 2.27. The van der Waals surface area contributed by atoms with Crippen LogP contribution in [-0.2, 0) is 0 Å². The van der Waals surface area contributed by atoms with Crippen molar-refractivity contribution in [3.63, 3.8) is 0 Å². The molecule has 0 bridgehead atoms. The van der Waals surface area contributed by atoms with Gasteiger partial charge in [-0.1, -0.05) is 6.07 Å². The van der Waals surface area contributed by atoms with E-state index < -0.39 is 0 Å². The summed E-state index contributed by atoms with van der Waals surface area (Å²) in [4.78, 5) is 16.1. The summed E-state index contributed by atoms with van der Waals surface area (Å²) in [6.45, 7) is 1.95. The summed E-state index contributed by atoms with van der Waals surface area (Å²) in [5, 5.41) is 9.98. The van der Waals surface area contributed by atoms with Crippen molar-refractivity contribution >= 4 is 17.6 Å². The highest BCUT2D eigenvalue weighted by Gasteiger charge is 2.11. The summed E-state index contributed by atoms with van der Waals surface area (Å²) < 4.78 is 7.63.